The zero-order chi connectivity index (χ0) is 17.2. The van der Waals surface area contributed by atoms with Gasteiger partial charge in [0.15, 0.2) is 0 Å². The molecule has 2 aliphatic rings. The van der Waals surface area contributed by atoms with E-state index in [1.54, 1.807) is 24.3 Å². The third kappa shape index (κ3) is 3.13. The van der Waals surface area contributed by atoms with Crippen molar-refractivity contribution < 1.29 is 9.59 Å². The summed E-state index contributed by atoms with van der Waals surface area (Å²) in [6, 6.07) is 8.73. The zero-order valence-electron chi connectivity index (χ0n) is 13.9. The second-order valence-corrected chi connectivity index (χ2v) is 6.45. The summed E-state index contributed by atoms with van der Waals surface area (Å²) in [5.41, 5.74) is 0.273. The van der Waals surface area contributed by atoms with Crippen LogP contribution in [0.2, 0.25) is 0 Å². The molecule has 6 heteroatoms. The second kappa shape index (κ2) is 6.62. The Hall–Kier alpha value is -2.39. The van der Waals surface area contributed by atoms with Gasteiger partial charge < -0.3 is 15.1 Å². The van der Waals surface area contributed by atoms with Crippen molar-refractivity contribution in [3.8, 4) is 6.07 Å². The Morgan fingerprint density at radius 2 is 1.79 bits per heavy atom. The Morgan fingerprint density at radius 1 is 1.17 bits per heavy atom. The first-order valence-corrected chi connectivity index (χ1v) is 8.42. The van der Waals surface area contributed by atoms with E-state index in [2.05, 4.69) is 17.1 Å². The first-order chi connectivity index (χ1) is 11.6. The lowest BCUT2D eigenvalue weighted by Crippen LogP contribution is -2.52. The molecule has 1 saturated heterocycles. The maximum absolute atomic E-state index is 12.8. The van der Waals surface area contributed by atoms with Gasteiger partial charge in [0.05, 0.1) is 11.6 Å². The molecule has 0 spiro atoms. The molecular formula is C18H22N4O2. The lowest BCUT2D eigenvalue weighted by atomic mass is 10.0. The van der Waals surface area contributed by atoms with Gasteiger partial charge >= 0.3 is 0 Å². The quantitative estimate of drug-likeness (QED) is 0.850. The van der Waals surface area contributed by atoms with Crippen molar-refractivity contribution in [3.63, 3.8) is 0 Å². The molecule has 126 valence electrons. The smallest absolute Gasteiger partial charge is 0.240 e. The molecule has 2 amide bonds. The van der Waals surface area contributed by atoms with Gasteiger partial charge in [-0.05, 0) is 43.7 Å². The number of benzene rings is 1. The van der Waals surface area contributed by atoms with Gasteiger partial charge in [-0.3, -0.25) is 9.59 Å². The van der Waals surface area contributed by atoms with Crippen molar-refractivity contribution >= 4 is 17.5 Å². The summed E-state index contributed by atoms with van der Waals surface area (Å²) in [4.78, 5) is 29.6. The number of hydrogen-bond donors (Lipinski definition) is 1. The van der Waals surface area contributed by atoms with E-state index in [0.29, 0.717) is 37.2 Å². The highest BCUT2D eigenvalue weighted by atomic mass is 16.2. The van der Waals surface area contributed by atoms with E-state index in [1.165, 1.54) is 0 Å². The van der Waals surface area contributed by atoms with E-state index >= 15 is 0 Å². The minimum absolute atomic E-state index is 0.0376. The molecule has 1 aliphatic carbocycles. The number of likely N-dealkylation sites (N-methyl/N-ethyl adjacent to an activating group) is 1. The maximum Gasteiger partial charge on any atom is 0.240 e. The number of rotatable bonds is 4. The molecule has 2 fully saturated rings. The molecule has 6 nitrogen and oxygen atoms in total. The van der Waals surface area contributed by atoms with Crippen molar-refractivity contribution in [1.82, 2.24) is 9.80 Å². The van der Waals surface area contributed by atoms with Gasteiger partial charge in [-0.2, -0.15) is 5.26 Å². The van der Waals surface area contributed by atoms with Crippen molar-refractivity contribution in [2.24, 2.45) is 5.41 Å². The van der Waals surface area contributed by atoms with Crippen LogP contribution in [0.1, 0.15) is 25.3 Å². The van der Waals surface area contributed by atoms with Gasteiger partial charge in [0.25, 0.3) is 0 Å². The average molecular weight is 326 g/mol. The highest BCUT2D eigenvalue weighted by Gasteiger charge is 2.58. The highest BCUT2D eigenvalue weighted by Crippen LogP contribution is 2.48. The highest BCUT2D eigenvalue weighted by molar-refractivity contribution is 6.13. The number of nitrogens with zero attached hydrogens (tertiary/aromatic N) is 3. The second-order valence-electron chi connectivity index (χ2n) is 6.45. The Morgan fingerprint density at radius 3 is 2.29 bits per heavy atom. The Bertz CT molecular complexity index is 665. The van der Waals surface area contributed by atoms with Crippen LogP contribution in [0, 0.1) is 16.7 Å². The van der Waals surface area contributed by atoms with E-state index < -0.39 is 5.41 Å². The van der Waals surface area contributed by atoms with E-state index in [-0.39, 0.29) is 11.8 Å². The van der Waals surface area contributed by atoms with E-state index in [9.17, 15) is 9.59 Å². The molecule has 1 N–H and O–H groups in total. The molecule has 1 aromatic rings. The number of hydrogen-bond acceptors (Lipinski definition) is 4. The minimum Gasteiger partial charge on any atom is -0.339 e. The van der Waals surface area contributed by atoms with Crippen molar-refractivity contribution in [3.05, 3.63) is 29.8 Å². The van der Waals surface area contributed by atoms with Gasteiger partial charge in [0.1, 0.15) is 5.41 Å². The molecule has 3 rings (SSSR count). The fraction of sp³-hybridized carbons (Fsp3) is 0.500. The van der Waals surface area contributed by atoms with Crippen LogP contribution in [-0.4, -0.2) is 54.3 Å². The van der Waals surface area contributed by atoms with Crippen LogP contribution in [-0.2, 0) is 9.59 Å². The molecule has 1 aromatic carbocycles. The van der Waals surface area contributed by atoms with Crippen molar-refractivity contribution in [1.29, 1.82) is 5.26 Å². The number of anilines is 1. The normalized spacial score (nSPS) is 19.4. The van der Waals surface area contributed by atoms with E-state index in [4.69, 9.17) is 5.26 Å². The SMILES string of the molecule is CCN1CCN(C(=O)C2(C(=O)Nc3ccc(C#N)cc3)CC2)CC1. The van der Waals surface area contributed by atoms with Crippen LogP contribution < -0.4 is 5.32 Å². The molecule has 0 bridgehead atoms. The fourth-order valence-corrected chi connectivity index (χ4v) is 3.11. The third-order valence-electron chi connectivity index (χ3n) is 4.97. The van der Waals surface area contributed by atoms with Crippen LogP contribution in [0.4, 0.5) is 5.69 Å². The summed E-state index contributed by atoms with van der Waals surface area (Å²) in [6.45, 7) is 6.24. The number of carbonyl (C=O) groups excluding carboxylic acids is 2. The average Bonchev–Trinajstić information content (AvgIpc) is 3.44. The Kier molecular flexibility index (Phi) is 4.54. The van der Waals surface area contributed by atoms with Crippen LogP contribution in [0.25, 0.3) is 0 Å². The molecule has 1 aliphatic heterocycles. The standard InChI is InChI=1S/C18H22N4O2/c1-2-21-9-11-22(12-10-21)17(24)18(7-8-18)16(23)20-15-5-3-14(13-19)4-6-15/h3-6H,2,7-12H2,1H3,(H,20,23). The molecule has 1 heterocycles. The summed E-state index contributed by atoms with van der Waals surface area (Å²) in [5, 5.41) is 11.6. The third-order valence-corrected chi connectivity index (χ3v) is 4.97. The molecule has 0 unspecified atom stereocenters. The maximum atomic E-state index is 12.8. The zero-order valence-corrected chi connectivity index (χ0v) is 13.9. The Labute approximate surface area is 142 Å². The van der Waals surface area contributed by atoms with Crippen molar-refractivity contribution in [2.45, 2.75) is 19.8 Å². The van der Waals surface area contributed by atoms with E-state index in [1.807, 2.05) is 11.0 Å². The summed E-state index contributed by atoms with van der Waals surface area (Å²) in [7, 11) is 0. The molecule has 0 aromatic heterocycles. The van der Waals surface area contributed by atoms with Crippen molar-refractivity contribution in [2.75, 3.05) is 38.0 Å². The number of amides is 2. The van der Waals surface area contributed by atoms with Gasteiger partial charge in [0, 0.05) is 31.9 Å². The summed E-state index contributed by atoms with van der Waals surface area (Å²) >= 11 is 0. The van der Waals surface area contributed by atoms with E-state index in [0.717, 1.165) is 19.6 Å². The lowest BCUT2D eigenvalue weighted by Gasteiger charge is -2.35. The molecule has 24 heavy (non-hydrogen) atoms. The predicted octanol–water partition coefficient (Wildman–Crippen LogP) is 1.44. The fourth-order valence-electron chi connectivity index (χ4n) is 3.11. The van der Waals surface area contributed by atoms with Crippen LogP contribution in [0.3, 0.4) is 0 Å². The monoisotopic (exact) mass is 326 g/mol. The first kappa shape index (κ1) is 16.5. The van der Waals surface area contributed by atoms with Gasteiger partial charge in [-0.1, -0.05) is 6.92 Å². The molecule has 1 saturated carbocycles. The lowest BCUT2D eigenvalue weighted by molar-refractivity contribution is -0.143. The number of nitriles is 1. The van der Waals surface area contributed by atoms with Crippen LogP contribution >= 0.6 is 0 Å². The number of nitrogens with one attached hydrogen (secondary N) is 1. The molecular weight excluding hydrogens is 304 g/mol. The minimum atomic E-state index is -0.887. The predicted molar refractivity (Wildman–Crippen MR) is 90.1 cm³/mol. The molecule has 0 atom stereocenters. The number of piperazine rings is 1. The summed E-state index contributed by atoms with van der Waals surface area (Å²) < 4.78 is 0. The van der Waals surface area contributed by atoms with Gasteiger partial charge in [0.2, 0.25) is 11.8 Å². The first-order valence-electron chi connectivity index (χ1n) is 8.42. The summed E-state index contributed by atoms with van der Waals surface area (Å²) in [6.07, 6.45) is 1.23. The van der Waals surface area contributed by atoms with Crippen LogP contribution in [0.5, 0.6) is 0 Å². The molecule has 0 radical (unpaired) electrons. The van der Waals surface area contributed by atoms with Gasteiger partial charge in [-0.25, -0.2) is 0 Å². The Balaban J connectivity index is 1.63. The number of carbonyl (C=O) groups is 2. The van der Waals surface area contributed by atoms with Crippen LogP contribution in [0.15, 0.2) is 24.3 Å². The van der Waals surface area contributed by atoms with Gasteiger partial charge in [-0.15, -0.1) is 0 Å². The topological polar surface area (TPSA) is 76.4 Å². The summed E-state index contributed by atoms with van der Waals surface area (Å²) in [5.74, 6) is -0.264. The largest absolute Gasteiger partial charge is 0.339 e.